The maximum atomic E-state index is 12.0. The van der Waals surface area contributed by atoms with E-state index in [-0.39, 0.29) is 29.5 Å². The fourth-order valence-corrected chi connectivity index (χ4v) is 4.63. The van der Waals surface area contributed by atoms with Gasteiger partial charge in [-0.1, -0.05) is 12.8 Å². The molecular formula is C13H24N2O3S. The van der Waals surface area contributed by atoms with Gasteiger partial charge < -0.3 is 10.6 Å². The molecule has 6 heteroatoms. The largest absolute Gasteiger partial charge is 0.352 e. The third-order valence-electron chi connectivity index (χ3n) is 4.04. The number of hydrogen-bond acceptors (Lipinski definition) is 4. The number of amides is 1. The highest BCUT2D eigenvalue weighted by atomic mass is 32.2. The first-order valence-corrected chi connectivity index (χ1v) is 9.05. The normalized spacial score (nSPS) is 29.0. The van der Waals surface area contributed by atoms with Crippen molar-refractivity contribution < 1.29 is 13.2 Å². The van der Waals surface area contributed by atoms with E-state index in [0.29, 0.717) is 12.5 Å². The Bertz CT molecular complexity index is 416. The first-order valence-electron chi connectivity index (χ1n) is 7.23. The van der Waals surface area contributed by atoms with Crippen LogP contribution in [0.1, 0.15) is 45.4 Å². The zero-order valence-electron chi connectivity index (χ0n) is 11.5. The fourth-order valence-electron chi connectivity index (χ4n) is 2.98. The summed E-state index contributed by atoms with van der Waals surface area (Å²) >= 11 is 0. The average Bonchev–Trinajstić information content (AvgIpc) is 2.80. The molecule has 2 atom stereocenters. The maximum absolute atomic E-state index is 12.0. The summed E-state index contributed by atoms with van der Waals surface area (Å²) in [4.78, 5) is 12.0. The molecule has 110 valence electrons. The van der Waals surface area contributed by atoms with Gasteiger partial charge in [0, 0.05) is 12.1 Å². The van der Waals surface area contributed by atoms with Gasteiger partial charge in [0.2, 0.25) is 5.91 Å². The molecule has 2 fully saturated rings. The number of sulfone groups is 1. The summed E-state index contributed by atoms with van der Waals surface area (Å²) in [7, 11) is -2.92. The summed E-state index contributed by atoms with van der Waals surface area (Å²) < 4.78 is 23.1. The van der Waals surface area contributed by atoms with Crippen molar-refractivity contribution in [3.63, 3.8) is 0 Å². The van der Waals surface area contributed by atoms with Crippen molar-refractivity contribution in [2.75, 3.05) is 11.5 Å². The van der Waals surface area contributed by atoms with Crippen LogP contribution in [0.15, 0.2) is 0 Å². The highest BCUT2D eigenvalue weighted by Gasteiger charge is 2.28. The minimum absolute atomic E-state index is 0.00475. The molecule has 2 aliphatic rings. The van der Waals surface area contributed by atoms with Crippen LogP contribution in [-0.4, -0.2) is 44.0 Å². The lowest BCUT2D eigenvalue weighted by Crippen LogP contribution is -2.51. The monoisotopic (exact) mass is 288 g/mol. The summed E-state index contributed by atoms with van der Waals surface area (Å²) in [6.07, 6.45) is 6.03. The molecule has 1 aliphatic carbocycles. The quantitative estimate of drug-likeness (QED) is 0.794. The van der Waals surface area contributed by atoms with Crippen molar-refractivity contribution >= 4 is 15.7 Å². The third-order valence-corrected chi connectivity index (χ3v) is 5.86. The molecule has 2 unspecified atom stereocenters. The Hall–Kier alpha value is -0.620. The van der Waals surface area contributed by atoms with E-state index in [9.17, 15) is 13.2 Å². The minimum Gasteiger partial charge on any atom is -0.352 e. The molecule has 0 radical (unpaired) electrons. The third kappa shape index (κ3) is 4.45. The predicted molar refractivity (Wildman–Crippen MR) is 74.7 cm³/mol. The smallest absolute Gasteiger partial charge is 0.237 e. The van der Waals surface area contributed by atoms with Crippen molar-refractivity contribution in [1.82, 2.24) is 10.6 Å². The SMILES string of the molecule is CC(NC1CCCS(=O)(=O)C1)C(=O)NC1CCCC1. The molecular weight excluding hydrogens is 264 g/mol. The van der Waals surface area contributed by atoms with Crippen LogP contribution in [0.25, 0.3) is 0 Å². The molecule has 2 N–H and O–H groups in total. The average molecular weight is 288 g/mol. The molecule has 1 saturated carbocycles. The van der Waals surface area contributed by atoms with Gasteiger partial charge in [0.15, 0.2) is 9.84 Å². The number of carbonyl (C=O) groups is 1. The lowest BCUT2D eigenvalue weighted by atomic mass is 10.1. The van der Waals surface area contributed by atoms with Gasteiger partial charge in [-0.25, -0.2) is 8.42 Å². The van der Waals surface area contributed by atoms with Gasteiger partial charge in [-0.15, -0.1) is 0 Å². The highest BCUT2D eigenvalue weighted by Crippen LogP contribution is 2.18. The van der Waals surface area contributed by atoms with Crippen LogP contribution in [0, 0.1) is 0 Å². The molecule has 1 aliphatic heterocycles. The van der Waals surface area contributed by atoms with Crippen molar-refractivity contribution in [1.29, 1.82) is 0 Å². The van der Waals surface area contributed by atoms with Gasteiger partial charge >= 0.3 is 0 Å². The Morgan fingerprint density at radius 3 is 2.37 bits per heavy atom. The molecule has 1 saturated heterocycles. The summed E-state index contributed by atoms with van der Waals surface area (Å²) in [5.41, 5.74) is 0. The van der Waals surface area contributed by atoms with Crippen molar-refractivity contribution in [2.24, 2.45) is 0 Å². The van der Waals surface area contributed by atoms with Gasteiger partial charge in [-0.05, 0) is 32.6 Å². The van der Waals surface area contributed by atoms with E-state index >= 15 is 0 Å². The highest BCUT2D eigenvalue weighted by molar-refractivity contribution is 7.91. The van der Waals surface area contributed by atoms with Crippen LogP contribution in [-0.2, 0) is 14.6 Å². The lowest BCUT2D eigenvalue weighted by Gasteiger charge is -2.26. The summed E-state index contributed by atoms with van der Waals surface area (Å²) in [5.74, 6) is 0.442. The van der Waals surface area contributed by atoms with E-state index in [2.05, 4.69) is 10.6 Å². The molecule has 2 rings (SSSR count). The van der Waals surface area contributed by atoms with Crippen LogP contribution in [0.5, 0.6) is 0 Å². The van der Waals surface area contributed by atoms with E-state index in [1.165, 1.54) is 12.8 Å². The molecule has 0 aromatic heterocycles. The van der Waals surface area contributed by atoms with E-state index < -0.39 is 9.84 Å². The summed E-state index contributed by atoms with van der Waals surface area (Å²) in [6, 6.07) is -0.0891. The second-order valence-electron chi connectivity index (χ2n) is 5.83. The van der Waals surface area contributed by atoms with Crippen LogP contribution >= 0.6 is 0 Å². The van der Waals surface area contributed by atoms with Gasteiger partial charge in [-0.2, -0.15) is 0 Å². The number of carbonyl (C=O) groups excluding carboxylic acids is 1. The molecule has 0 aromatic rings. The lowest BCUT2D eigenvalue weighted by molar-refractivity contribution is -0.123. The number of rotatable bonds is 4. The summed E-state index contributed by atoms with van der Waals surface area (Å²) in [6.45, 7) is 1.81. The Labute approximate surface area is 115 Å². The van der Waals surface area contributed by atoms with Crippen molar-refractivity contribution in [3.05, 3.63) is 0 Å². The fraction of sp³-hybridized carbons (Fsp3) is 0.923. The van der Waals surface area contributed by atoms with Crippen LogP contribution in [0.3, 0.4) is 0 Å². The van der Waals surface area contributed by atoms with Crippen LogP contribution in [0.4, 0.5) is 0 Å². The maximum Gasteiger partial charge on any atom is 0.237 e. The molecule has 0 spiro atoms. The predicted octanol–water partition coefficient (Wildman–Crippen LogP) is 0.600. The molecule has 19 heavy (non-hydrogen) atoms. The first-order chi connectivity index (χ1) is 8.96. The summed E-state index contributed by atoms with van der Waals surface area (Å²) in [5, 5.41) is 6.19. The van der Waals surface area contributed by atoms with Gasteiger partial charge in [0.05, 0.1) is 17.5 Å². The van der Waals surface area contributed by atoms with Crippen molar-refractivity contribution in [2.45, 2.75) is 63.6 Å². The van der Waals surface area contributed by atoms with Crippen LogP contribution in [0.2, 0.25) is 0 Å². The molecule has 0 bridgehead atoms. The van der Waals surface area contributed by atoms with Gasteiger partial charge in [-0.3, -0.25) is 4.79 Å². The van der Waals surface area contributed by atoms with E-state index in [1.54, 1.807) is 0 Å². The Kier molecular flexibility index (Phi) is 4.84. The van der Waals surface area contributed by atoms with E-state index in [1.807, 2.05) is 6.92 Å². The minimum atomic E-state index is -2.92. The molecule has 1 amide bonds. The zero-order valence-corrected chi connectivity index (χ0v) is 12.3. The zero-order chi connectivity index (χ0) is 13.9. The molecule has 1 heterocycles. The Morgan fingerprint density at radius 2 is 1.74 bits per heavy atom. The Morgan fingerprint density at radius 1 is 1.11 bits per heavy atom. The number of nitrogens with one attached hydrogen (secondary N) is 2. The second-order valence-corrected chi connectivity index (χ2v) is 8.06. The van der Waals surface area contributed by atoms with E-state index in [0.717, 1.165) is 19.3 Å². The van der Waals surface area contributed by atoms with Gasteiger partial charge in [0.25, 0.3) is 0 Å². The number of hydrogen-bond donors (Lipinski definition) is 2. The van der Waals surface area contributed by atoms with Crippen LogP contribution < -0.4 is 10.6 Å². The standard InChI is InChI=1S/C13H24N2O3S/c1-10(13(16)15-11-5-2-3-6-11)14-12-7-4-8-19(17,18)9-12/h10-12,14H,2-9H2,1H3,(H,15,16). The van der Waals surface area contributed by atoms with Gasteiger partial charge in [0.1, 0.15) is 0 Å². The molecule has 5 nitrogen and oxygen atoms in total. The topological polar surface area (TPSA) is 75.3 Å². The molecule has 0 aromatic carbocycles. The van der Waals surface area contributed by atoms with E-state index in [4.69, 9.17) is 0 Å². The second kappa shape index (κ2) is 6.22. The van der Waals surface area contributed by atoms with Crippen molar-refractivity contribution in [3.8, 4) is 0 Å². The Balaban J connectivity index is 1.79. The first kappa shape index (κ1) is 14.8.